The third-order valence-electron chi connectivity index (χ3n) is 4.00. The first kappa shape index (κ1) is 19.4. The first-order valence-electron chi connectivity index (χ1n) is 8.35. The predicted octanol–water partition coefficient (Wildman–Crippen LogP) is 3.02. The summed E-state index contributed by atoms with van der Waals surface area (Å²) >= 11 is 5.90. The first-order chi connectivity index (χ1) is 13.4. The van der Waals surface area contributed by atoms with E-state index >= 15 is 0 Å². The fourth-order valence-corrected chi connectivity index (χ4v) is 2.78. The van der Waals surface area contributed by atoms with E-state index in [1.807, 2.05) is 0 Å². The third kappa shape index (κ3) is 4.15. The quantitative estimate of drug-likeness (QED) is 0.755. The van der Waals surface area contributed by atoms with Crippen molar-refractivity contribution >= 4 is 40.9 Å². The average Bonchev–Trinajstić information content (AvgIpc) is 2.95. The van der Waals surface area contributed by atoms with Gasteiger partial charge in [0.1, 0.15) is 0 Å². The van der Waals surface area contributed by atoms with Crippen LogP contribution in [0.4, 0.5) is 5.69 Å². The number of amides is 2. The number of halogens is 1. The fourth-order valence-electron chi connectivity index (χ4n) is 2.65. The SMILES string of the molecule is COc1cc(/C=C2/C(=O)N(c3ccc(Cl)cc3)N=C2C)ccc1OCC(N)=O. The molecule has 1 aliphatic rings. The van der Waals surface area contributed by atoms with Gasteiger partial charge in [-0.2, -0.15) is 10.1 Å². The maximum Gasteiger partial charge on any atom is 0.280 e. The Hall–Kier alpha value is -3.32. The highest BCUT2D eigenvalue weighted by atomic mass is 35.5. The minimum Gasteiger partial charge on any atom is -0.493 e. The van der Waals surface area contributed by atoms with Gasteiger partial charge in [-0.15, -0.1) is 0 Å². The summed E-state index contributed by atoms with van der Waals surface area (Å²) in [4.78, 5) is 23.7. The number of nitrogens with two attached hydrogens (primary N) is 1. The standard InChI is InChI=1S/C20H18ClN3O4/c1-12-16(20(26)24(23-12)15-6-4-14(21)5-7-15)9-13-3-8-17(18(10-13)27-2)28-11-19(22)25/h3-10H,11H2,1-2H3,(H2,22,25)/b16-9+. The van der Waals surface area contributed by atoms with Crippen LogP contribution in [0.25, 0.3) is 6.08 Å². The monoisotopic (exact) mass is 399 g/mol. The summed E-state index contributed by atoms with van der Waals surface area (Å²) in [6.45, 7) is 1.51. The molecule has 0 radical (unpaired) electrons. The maximum atomic E-state index is 12.8. The van der Waals surface area contributed by atoms with Gasteiger partial charge in [-0.3, -0.25) is 9.59 Å². The second-order valence-electron chi connectivity index (χ2n) is 6.00. The van der Waals surface area contributed by atoms with Crippen molar-refractivity contribution in [2.45, 2.75) is 6.92 Å². The summed E-state index contributed by atoms with van der Waals surface area (Å²) in [5.41, 5.74) is 7.50. The van der Waals surface area contributed by atoms with Gasteiger partial charge in [-0.1, -0.05) is 17.7 Å². The molecule has 0 saturated heterocycles. The van der Waals surface area contributed by atoms with Crippen molar-refractivity contribution < 1.29 is 19.1 Å². The van der Waals surface area contributed by atoms with Crippen molar-refractivity contribution in [3.05, 3.63) is 58.6 Å². The Morgan fingerprint density at radius 1 is 1.21 bits per heavy atom. The molecule has 0 saturated carbocycles. The van der Waals surface area contributed by atoms with Gasteiger partial charge in [-0.25, -0.2) is 0 Å². The van der Waals surface area contributed by atoms with E-state index in [-0.39, 0.29) is 12.5 Å². The lowest BCUT2D eigenvalue weighted by Gasteiger charge is -2.12. The molecule has 0 fully saturated rings. The number of carbonyl (C=O) groups is 2. The highest BCUT2D eigenvalue weighted by molar-refractivity contribution is 6.32. The zero-order chi connectivity index (χ0) is 20.3. The van der Waals surface area contributed by atoms with E-state index in [1.165, 1.54) is 12.1 Å². The Morgan fingerprint density at radius 2 is 1.93 bits per heavy atom. The zero-order valence-electron chi connectivity index (χ0n) is 15.3. The minimum absolute atomic E-state index is 0.243. The lowest BCUT2D eigenvalue weighted by molar-refractivity contribution is -0.120. The van der Waals surface area contributed by atoms with Crippen molar-refractivity contribution in [3.63, 3.8) is 0 Å². The van der Waals surface area contributed by atoms with Crippen LogP contribution in [-0.2, 0) is 9.59 Å². The van der Waals surface area contributed by atoms with Gasteiger partial charge in [0.2, 0.25) is 0 Å². The first-order valence-corrected chi connectivity index (χ1v) is 8.73. The van der Waals surface area contributed by atoms with Gasteiger partial charge < -0.3 is 15.2 Å². The molecule has 2 amide bonds. The van der Waals surface area contributed by atoms with Crippen molar-refractivity contribution in [2.75, 3.05) is 18.7 Å². The number of benzene rings is 2. The molecule has 0 atom stereocenters. The second-order valence-corrected chi connectivity index (χ2v) is 6.44. The Labute approximate surface area is 167 Å². The van der Waals surface area contributed by atoms with Gasteiger partial charge >= 0.3 is 0 Å². The van der Waals surface area contributed by atoms with E-state index in [1.54, 1.807) is 55.5 Å². The van der Waals surface area contributed by atoms with Crippen LogP contribution in [0.3, 0.4) is 0 Å². The van der Waals surface area contributed by atoms with E-state index in [0.717, 1.165) is 5.56 Å². The molecule has 7 nitrogen and oxygen atoms in total. The van der Waals surface area contributed by atoms with Crippen LogP contribution < -0.4 is 20.2 Å². The number of carbonyl (C=O) groups excluding carboxylic acids is 2. The maximum absolute atomic E-state index is 12.8. The molecule has 0 bridgehead atoms. The molecule has 1 heterocycles. The number of nitrogens with zero attached hydrogens (tertiary/aromatic N) is 2. The minimum atomic E-state index is -0.584. The number of primary amides is 1. The molecule has 2 aromatic rings. The smallest absolute Gasteiger partial charge is 0.280 e. The molecular weight excluding hydrogens is 382 g/mol. The normalized spacial score (nSPS) is 15.0. The van der Waals surface area contributed by atoms with Crippen LogP contribution in [0.5, 0.6) is 11.5 Å². The molecule has 0 spiro atoms. The number of hydrogen-bond acceptors (Lipinski definition) is 5. The fraction of sp³-hybridized carbons (Fsp3) is 0.150. The van der Waals surface area contributed by atoms with E-state index in [9.17, 15) is 9.59 Å². The summed E-state index contributed by atoms with van der Waals surface area (Å²) in [6.07, 6.45) is 1.72. The molecule has 0 aromatic heterocycles. The van der Waals surface area contributed by atoms with Crippen LogP contribution in [-0.4, -0.2) is 31.2 Å². The molecule has 28 heavy (non-hydrogen) atoms. The van der Waals surface area contributed by atoms with Gasteiger partial charge in [0.05, 0.1) is 24.1 Å². The number of hydrogen-bond donors (Lipinski definition) is 1. The van der Waals surface area contributed by atoms with Crippen LogP contribution in [0.1, 0.15) is 12.5 Å². The second kappa shape index (κ2) is 8.14. The molecule has 3 rings (SSSR count). The lowest BCUT2D eigenvalue weighted by atomic mass is 10.1. The number of rotatable bonds is 6. The van der Waals surface area contributed by atoms with E-state index in [4.69, 9.17) is 26.8 Å². The summed E-state index contributed by atoms with van der Waals surface area (Å²) in [5, 5.41) is 6.25. The number of hydrazone groups is 1. The summed E-state index contributed by atoms with van der Waals surface area (Å²) in [6, 6.07) is 12.0. The summed E-state index contributed by atoms with van der Waals surface area (Å²) in [7, 11) is 1.49. The molecule has 0 aliphatic carbocycles. The van der Waals surface area contributed by atoms with Crippen molar-refractivity contribution in [2.24, 2.45) is 10.8 Å². The molecule has 1 aliphatic heterocycles. The summed E-state index contributed by atoms with van der Waals surface area (Å²) < 4.78 is 10.6. The van der Waals surface area contributed by atoms with E-state index < -0.39 is 5.91 Å². The van der Waals surface area contributed by atoms with Crippen LogP contribution >= 0.6 is 11.6 Å². The van der Waals surface area contributed by atoms with Gasteiger partial charge in [0, 0.05) is 5.02 Å². The third-order valence-corrected chi connectivity index (χ3v) is 4.25. The number of ether oxygens (including phenoxy) is 2. The largest absolute Gasteiger partial charge is 0.493 e. The van der Waals surface area contributed by atoms with Gasteiger partial charge in [0.15, 0.2) is 18.1 Å². The molecule has 144 valence electrons. The Kier molecular flexibility index (Phi) is 5.65. The topological polar surface area (TPSA) is 94.2 Å². The van der Waals surface area contributed by atoms with Crippen LogP contribution in [0, 0.1) is 0 Å². The lowest BCUT2D eigenvalue weighted by Crippen LogP contribution is -2.21. The van der Waals surface area contributed by atoms with Gasteiger partial charge in [0.25, 0.3) is 11.8 Å². The molecule has 2 N–H and O–H groups in total. The van der Waals surface area contributed by atoms with E-state index in [0.29, 0.717) is 33.5 Å². The van der Waals surface area contributed by atoms with Crippen molar-refractivity contribution in [1.29, 1.82) is 0 Å². The molecule has 2 aromatic carbocycles. The van der Waals surface area contributed by atoms with Gasteiger partial charge in [-0.05, 0) is 55.0 Å². The number of methoxy groups -OCH3 is 1. The summed E-state index contributed by atoms with van der Waals surface area (Å²) in [5.74, 6) is -0.0219. The van der Waals surface area contributed by atoms with Crippen LogP contribution in [0.15, 0.2) is 53.1 Å². The molecule has 8 heteroatoms. The highest BCUT2D eigenvalue weighted by Gasteiger charge is 2.28. The number of anilines is 1. The van der Waals surface area contributed by atoms with Crippen molar-refractivity contribution in [1.82, 2.24) is 0 Å². The van der Waals surface area contributed by atoms with Crippen LogP contribution in [0.2, 0.25) is 5.02 Å². The van der Waals surface area contributed by atoms with Crippen molar-refractivity contribution in [3.8, 4) is 11.5 Å². The highest BCUT2D eigenvalue weighted by Crippen LogP contribution is 2.31. The van der Waals surface area contributed by atoms with E-state index in [2.05, 4.69) is 5.10 Å². The Bertz CT molecular complexity index is 983. The Morgan fingerprint density at radius 3 is 2.57 bits per heavy atom. The Balaban J connectivity index is 1.87. The molecule has 0 unspecified atom stereocenters. The average molecular weight is 400 g/mol. The predicted molar refractivity (Wildman–Crippen MR) is 108 cm³/mol. The molecular formula is C20H18ClN3O4. The zero-order valence-corrected chi connectivity index (χ0v) is 16.1.